The Balaban J connectivity index is 1.25. The third-order valence-electron chi connectivity index (χ3n) is 6.64. The second-order valence-corrected chi connectivity index (χ2v) is 8.97. The van der Waals surface area contributed by atoms with Crippen molar-refractivity contribution < 1.29 is 23.9 Å². The molecule has 176 valence electrons. The molecule has 2 fully saturated rings. The molecule has 34 heavy (non-hydrogen) atoms. The highest BCUT2D eigenvalue weighted by atomic mass is 16.5. The summed E-state index contributed by atoms with van der Waals surface area (Å²) in [5, 5.41) is 2.87. The zero-order valence-electron chi connectivity index (χ0n) is 18.9. The lowest BCUT2D eigenvalue weighted by Gasteiger charge is -2.27. The zero-order chi connectivity index (χ0) is 23.7. The quantitative estimate of drug-likeness (QED) is 0.668. The van der Waals surface area contributed by atoms with Gasteiger partial charge in [0, 0.05) is 37.4 Å². The predicted molar refractivity (Wildman–Crippen MR) is 125 cm³/mol. The van der Waals surface area contributed by atoms with Crippen molar-refractivity contribution >= 4 is 29.3 Å². The molecule has 2 aromatic rings. The molecule has 0 aromatic heterocycles. The molecule has 0 spiro atoms. The van der Waals surface area contributed by atoms with E-state index >= 15 is 0 Å². The van der Waals surface area contributed by atoms with Crippen LogP contribution in [-0.4, -0.2) is 54.3 Å². The van der Waals surface area contributed by atoms with Crippen molar-refractivity contribution in [3.05, 3.63) is 64.7 Å². The number of nitrogens with one attached hydrogen (secondary N) is 1. The maximum absolute atomic E-state index is 12.8. The largest absolute Gasteiger partial charge is 0.376 e. The van der Waals surface area contributed by atoms with Gasteiger partial charge >= 0.3 is 0 Å². The first-order valence-electron chi connectivity index (χ1n) is 11.8. The Morgan fingerprint density at radius 1 is 1.00 bits per heavy atom. The van der Waals surface area contributed by atoms with Gasteiger partial charge in [0.2, 0.25) is 5.91 Å². The second kappa shape index (κ2) is 9.38. The van der Waals surface area contributed by atoms with E-state index in [4.69, 9.17) is 4.74 Å². The molecule has 1 unspecified atom stereocenters. The molecule has 2 saturated heterocycles. The highest BCUT2D eigenvalue weighted by Crippen LogP contribution is 2.26. The van der Waals surface area contributed by atoms with Crippen LogP contribution in [-0.2, 0) is 16.1 Å². The standard InChI is InChI=1S/C26H27N3O5/c30-23-8-1-2-11-28(23)19-6-3-5-17(13-19)15-27-24(31)18-9-10-21-22(14-18)26(33)29(25(21)32)16-20-7-4-12-34-20/h3,5-6,9-10,13-14,20H,1-2,4,7-8,11-12,15-16H2,(H,27,31). The van der Waals surface area contributed by atoms with Gasteiger partial charge in [-0.1, -0.05) is 12.1 Å². The minimum atomic E-state index is -0.385. The van der Waals surface area contributed by atoms with E-state index in [-0.39, 0.29) is 48.4 Å². The fourth-order valence-corrected chi connectivity index (χ4v) is 4.79. The van der Waals surface area contributed by atoms with Crippen LogP contribution in [0.5, 0.6) is 0 Å². The molecule has 1 N–H and O–H groups in total. The van der Waals surface area contributed by atoms with Crippen molar-refractivity contribution in [3.63, 3.8) is 0 Å². The van der Waals surface area contributed by atoms with E-state index in [1.165, 1.54) is 11.0 Å². The minimum Gasteiger partial charge on any atom is -0.376 e. The Morgan fingerprint density at radius 2 is 1.85 bits per heavy atom. The van der Waals surface area contributed by atoms with E-state index in [0.29, 0.717) is 30.7 Å². The fourth-order valence-electron chi connectivity index (χ4n) is 4.79. The molecule has 4 amide bonds. The SMILES string of the molecule is O=C(NCc1cccc(N2CCCCC2=O)c1)c1ccc2c(c1)C(=O)N(CC1CCCO1)C2=O. The van der Waals surface area contributed by atoms with Gasteiger partial charge in [0.05, 0.1) is 23.8 Å². The Morgan fingerprint density at radius 3 is 2.65 bits per heavy atom. The third-order valence-corrected chi connectivity index (χ3v) is 6.64. The number of carbonyl (C=O) groups is 4. The van der Waals surface area contributed by atoms with Crippen LogP contribution in [0.1, 0.15) is 68.7 Å². The first-order valence-corrected chi connectivity index (χ1v) is 11.8. The molecule has 0 aliphatic carbocycles. The minimum absolute atomic E-state index is 0.123. The summed E-state index contributed by atoms with van der Waals surface area (Å²) >= 11 is 0. The number of fused-ring (bicyclic) bond motifs is 1. The summed E-state index contributed by atoms with van der Waals surface area (Å²) < 4.78 is 5.57. The Kier molecular flexibility index (Phi) is 6.15. The highest BCUT2D eigenvalue weighted by Gasteiger charge is 2.38. The first-order chi connectivity index (χ1) is 16.5. The van der Waals surface area contributed by atoms with E-state index in [1.54, 1.807) is 17.0 Å². The van der Waals surface area contributed by atoms with Gasteiger partial charge in [0.15, 0.2) is 0 Å². The number of piperidine rings is 1. The Hall–Kier alpha value is -3.52. The second-order valence-electron chi connectivity index (χ2n) is 8.97. The summed E-state index contributed by atoms with van der Waals surface area (Å²) in [5.41, 5.74) is 2.60. The molecule has 8 heteroatoms. The first kappa shape index (κ1) is 22.3. The normalized spacial score (nSPS) is 20.1. The topological polar surface area (TPSA) is 96.0 Å². The maximum atomic E-state index is 12.8. The molecule has 2 aromatic carbocycles. The fraction of sp³-hybridized carbons (Fsp3) is 0.385. The number of amides is 4. The van der Waals surface area contributed by atoms with Crippen LogP contribution in [0.4, 0.5) is 5.69 Å². The van der Waals surface area contributed by atoms with E-state index < -0.39 is 0 Å². The summed E-state index contributed by atoms with van der Waals surface area (Å²) in [4.78, 5) is 53.6. The number of hydrogen-bond acceptors (Lipinski definition) is 5. The summed E-state index contributed by atoms with van der Waals surface area (Å²) in [6, 6.07) is 12.2. The Labute approximate surface area is 197 Å². The third kappa shape index (κ3) is 4.33. The monoisotopic (exact) mass is 461 g/mol. The number of ether oxygens (including phenoxy) is 1. The molecule has 3 aliphatic rings. The van der Waals surface area contributed by atoms with Gasteiger partial charge in [0.1, 0.15) is 0 Å². The van der Waals surface area contributed by atoms with Gasteiger partial charge in [-0.15, -0.1) is 0 Å². The van der Waals surface area contributed by atoms with E-state index in [0.717, 1.165) is 36.9 Å². The zero-order valence-corrected chi connectivity index (χ0v) is 18.9. The lowest BCUT2D eigenvalue weighted by molar-refractivity contribution is -0.119. The average Bonchev–Trinajstić information content (AvgIpc) is 3.46. The van der Waals surface area contributed by atoms with Gasteiger partial charge in [-0.25, -0.2) is 0 Å². The van der Waals surface area contributed by atoms with Crippen molar-refractivity contribution in [1.82, 2.24) is 10.2 Å². The van der Waals surface area contributed by atoms with E-state index in [2.05, 4.69) is 5.32 Å². The molecular formula is C26H27N3O5. The molecule has 3 heterocycles. The number of carbonyl (C=O) groups excluding carboxylic acids is 4. The molecular weight excluding hydrogens is 434 g/mol. The van der Waals surface area contributed by atoms with Gasteiger partial charge in [-0.2, -0.15) is 0 Å². The summed E-state index contributed by atoms with van der Waals surface area (Å²) in [6.45, 7) is 1.88. The van der Waals surface area contributed by atoms with E-state index in [1.807, 2.05) is 24.3 Å². The average molecular weight is 462 g/mol. The molecule has 5 rings (SSSR count). The van der Waals surface area contributed by atoms with Crippen molar-refractivity contribution in [2.45, 2.75) is 44.8 Å². The number of nitrogens with zero attached hydrogens (tertiary/aromatic N) is 2. The van der Waals surface area contributed by atoms with Crippen molar-refractivity contribution in [2.24, 2.45) is 0 Å². The van der Waals surface area contributed by atoms with Crippen LogP contribution < -0.4 is 10.2 Å². The lowest BCUT2D eigenvalue weighted by Crippen LogP contribution is -2.36. The Bertz CT molecular complexity index is 1150. The molecule has 8 nitrogen and oxygen atoms in total. The van der Waals surface area contributed by atoms with Crippen LogP contribution in [0.25, 0.3) is 0 Å². The molecule has 0 radical (unpaired) electrons. The van der Waals surface area contributed by atoms with Crippen LogP contribution >= 0.6 is 0 Å². The van der Waals surface area contributed by atoms with Crippen molar-refractivity contribution in [2.75, 3.05) is 24.6 Å². The number of benzene rings is 2. The van der Waals surface area contributed by atoms with Crippen LogP contribution in [0.3, 0.4) is 0 Å². The van der Waals surface area contributed by atoms with E-state index in [9.17, 15) is 19.2 Å². The summed E-state index contributed by atoms with van der Waals surface area (Å²) in [6.07, 6.45) is 4.10. The summed E-state index contributed by atoms with van der Waals surface area (Å²) in [7, 11) is 0. The van der Waals surface area contributed by atoms with Crippen molar-refractivity contribution in [3.8, 4) is 0 Å². The number of anilines is 1. The predicted octanol–water partition coefficient (Wildman–Crippen LogP) is 2.91. The van der Waals surface area contributed by atoms with Gasteiger partial charge in [-0.3, -0.25) is 24.1 Å². The van der Waals surface area contributed by atoms with Gasteiger partial charge < -0.3 is 15.0 Å². The molecule has 1 atom stereocenters. The van der Waals surface area contributed by atoms with Crippen LogP contribution in [0, 0.1) is 0 Å². The van der Waals surface area contributed by atoms with Crippen LogP contribution in [0.2, 0.25) is 0 Å². The van der Waals surface area contributed by atoms with Crippen LogP contribution in [0.15, 0.2) is 42.5 Å². The molecule has 0 bridgehead atoms. The highest BCUT2D eigenvalue weighted by molar-refractivity contribution is 6.22. The molecule has 3 aliphatic heterocycles. The maximum Gasteiger partial charge on any atom is 0.261 e. The molecule has 0 saturated carbocycles. The lowest BCUT2D eigenvalue weighted by atomic mass is 10.1. The van der Waals surface area contributed by atoms with Crippen molar-refractivity contribution in [1.29, 1.82) is 0 Å². The smallest absolute Gasteiger partial charge is 0.261 e. The number of imide groups is 1. The van der Waals surface area contributed by atoms with Gasteiger partial charge in [-0.05, 0) is 61.6 Å². The number of rotatable bonds is 6. The number of hydrogen-bond donors (Lipinski definition) is 1. The summed E-state index contributed by atoms with van der Waals surface area (Å²) in [5.74, 6) is -0.936. The van der Waals surface area contributed by atoms with Gasteiger partial charge in [0.25, 0.3) is 17.7 Å².